The molecule has 0 aliphatic rings. The topological polar surface area (TPSA) is 102 Å². The standard InChI is InChI=1S/C12H16N2O4/c1-18-6-5-10(12(16)17)14-11(15)8-3-2-4-9(13)7-8/h2-4,7,10H,5-6,13H2,1H3,(H,14,15)(H,16,17). The van der Waals surface area contributed by atoms with E-state index in [4.69, 9.17) is 15.6 Å². The largest absolute Gasteiger partial charge is 0.480 e. The molecule has 1 rings (SSSR count). The van der Waals surface area contributed by atoms with Crippen molar-refractivity contribution in [2.45, 2.75) is 12.5 Å². The first-order valence-electron chi connectivity index (χ1n) is 5.42. The van der Waals surface area contributed by atoms with E-state index in [-0.39, 0.29) is 13.0 Å². The quantitative estimate of drug-likeness (QED) is 0.639. The van der Waals surface area contributed by atoms with Crippen LogP contribution >= 0.6 is 0 Å². The fraction of sp³-hybridized carbons (Fsp3) is 0.333. The highest BCUT2D eigenvalue weighted by molar-refractivity contribution is 5.97. The summed E-state index contributed by atoms with van der Waals surface area (Å²) in [5, 5.41) is 11.4. The molecule has 1 amide bonds. The van der Waals surface area contributed by atoms with Crippen molar-refractivity contribution in [3.05, 3.63) is 29.8 Å². The molecule has 0 bridgehead atoms. The molecule has 1 unspecified atom stereocenters. The summed E-state index contributed by atoms with van der Waals surface area (Å²) in [5.41, 5.74) is 6.33. The number of hydrogen-bond donors (Lipinski definition) is 3. The normalized spacial score (nSPS) is 11.8. The second-order valence-electron chi connectivity index (χ2n) is 3.77. The number of anilines is 1. The average molecular weight is 252 g/mol. The van der Waals surface area contributed by atoms with Gasteiger partial charge in [0.25, 0.3) is 5.91 Å². The van der Waals surface area contributed by atoms with E-state index in [1.807, 2.05) is 0 Å². The van der Waals surface area contributed by atoms with Crippen LogP contribution < -0.4 is 11.1 Å². The Balaban J connectivity index is 2.69. The average Bonchev–Trinajstić information content (AvgIpc) is 2.33. The van der Waals surface area contributed by atoms with E-state index in [9.17, 15) is 9.59 Å². The Kier molecular flexibility index (Phi) is 5.13. The Bertz CT molecular complexity index is 434. The first-order valence-corrected chi connectivity index (χ1v) is 5.42. The summed E-state index contributed by atoms with van der Waals surface area (Å²) in [6.45, 7) is 0.258. The lowest BCUT2D eigenvalue weighted by atomic mass is 10.1. The molecule has 0 saturated heterocycles. The van der Waals surface area contributed by atoms with Crippen molar-refractivity contribution in [1.82, 2.24) is 5.32 Å². The first-order chi connectivity index (χ1) is 8.54. The van der Waals surface area contributed by atoms with Crippen molar-refractivity contribution in [3.8, 4) is 0 Å². The number of amides is 1. The lowest BCUT2D eigenvalue weighted by molar-refractivity contribution is -0.139. The Morgan fingerprint density at radius 2 is 2.22 bits per heavy atom. The number of rotatable bonds is 6. The lowest BCUT2D eigenvalue weighted by Gasteiger charge is -2.14. The van der Waals surface area contributed by atoms with Gasteiger partial charge in [0.15, 0.2) is 0 Å². The summed E-state index contributed by atoms with van der Waals surface area (Å²) in [7, 11) is 1.47. The number of carbonyl (C=O) groups excluding carboxylic acids is 1. The van der Waals surface area contributed by atoms with Gasteiger partial charge in [-0.05, 0) is 18.2 Å². The van der Waals surface area contributed by atoms with E-state index in [0.717, 1.165) is 0 Å². The maximum absolute atomic E-state index is 11.8. The van der Waals surface area contributed by atoms with Gasteiger partial charge >= 0.3 is 5.97 Å². The Morgan fingerprint density at radius 3 is 2.78 bits per heavy atom. The van der Waals surface area contributed by atoms with E-state index in [0.29, 0.717) is 11.3 Å². The number of ether oxygens (including phenoxy) is 1. The summed E-state index contributed by atoms with van der Waals surface area (Å²) in [4.78, 5) is 22.7. The van der Waals surface area contributed by atoms with Crippen LogP contribution in [-0.2, 0) is 9.53 Å². The van der Waals surface area contributed by atoms with Crippen LogP contribution in [-0.4, -0.2) is 36.7 Å². The summed E-state index contributed by atoms with van der Waals surface area (Å²) in [6, 6.07) is 5.37. The molecular weight excluding hydrogens is 236 g/mol. The van der Waals surface area contributed by atoms with Gasteiger partial charge in [-0.1, -0.05) is 6.07 Å². The Labute approximate surface area is 105 Å². The molecule has 0 aliphatic heterocycles. The van der Waals surface area contributed by atoms with Gasteiger partial charge in [0.2, 0.25) is 0 Å². The van der Waals surface area contributed by atoms with E-state index in [2.05, 4.69) is 5.32 Å². The van der Waals surface area contributed by atoms with Crippen LogP contribution in [0.1, 0.15) is 16.8 Å². The summed E-state index contributed by atoms with van der Waals surface area (Å²) >= 11 is 0. The van der Waals surface area contributed by atoms with Gasteiger partial charge in [-0.15, -0.1) is 0 Å². The maximum Gasteiger partial charge on any atom is 0.326 e. The van der Waals surface area contributed by atoms with Gasteiger partial charge in [0.05, 0.1) is 0 Å². The van der Waals surface area contributed by atoms with Crippen molar-refractivity contribution in [2.75, 3.05) is 19.5 Å². The number of nitrogens with two attached hydrogens (primary N) is 1. The number of carboxylic acids is 1. The molecule has 1 aromatic carbocycles. The third-order valence-electron chi connectivity index (χ3n) is 2.36. The summed E-state index contributed by atoms with van der Waals surface area (Å²) < 4.78 is 4.79. The smallest absolute Gasteiger partial charge is 0.326 e. The van der Waals surface area contributed by atoms with Crippen molar-refractivity contribution in [3.63, 3.8) is 0 Å². The molecule has 6 nitrogen and oxygen atoms in total. The molecular formula is C12H16N2O4. The number of carbonyl (C=O) groups is 2. The zero-order valence-electron chi connectivity index (χ0n) is 10.1. The molecule has 0 radical (unpaired) electrons. The number of carboxylic acid groups (broad SMARTS) is 1. The highest BCUT2D eigenvalue weighted by Gasteiger charge is 2.20. The minimum absolute atomic E-state index is 0.208. The van der Waals surface area contributed by atoms with E-state index in [1.54, 1.807) is 18.2 Å². The summed E-state index contributed by atoms with van der Waals surface area (Å²) in [6.07, 6.45) is 0.208. The Morgan fingerprint density at radius 1 is 1.50 bits per heavy atom. The van der Waals surface area contributed by atoms with E-state index < -0.39 is 17.9 Å². The molecule has 1 aromatic rings. The molecule has 0 aliphatic carbocycles. The van der Waals surface area contributed by atoms with Crippen LogP contribution in [0.25, 0.3) is 0 Å². The molecule has 0 heterocycles. The van der Waals surface area contributed by atoms with Crippen LogP contribution in [0.15, 0.2) is 24.3 Å². The number of hydrogen-bond acceptors (Lipinski definition) is 4. The number of nitrogens with one attached hydrogen (secondary N) is 1. The van der Waals surface area contributed by atoms with Crippen LogP contribution in [0.3, 0.4) is 0 Å². The van der Waals surface area contributed by atoms with Crippen LogP contribution in [0.5, 0.6) is 0 Å². The van der Waals surface area contributed by atoms with Crippen molar-refractivity contribution in [2.24, 2.45) is 0 Å². The summed E-state index contributed by atoms with van der Waals surface area (Å²) in [5.74, 6) is -1.56. The highest BCUT2D eigenvalue weighted by Crippen LogP contribution is 2.07. The first kappa shape index (κ1) is 14.0. The minimum atomic E-state index is -1.09. The van der Waals surface area contributed by atoms with Crippen LogP contribution in [0.2, 0.25) is 0 Å². The van der Waals surface area contributed by atoms with Gasteiger partial charge in [0.1, 0.15) is 6.04 Å². The van der Waals surface area contributed by atoms with Gasteiger partial charge < -0.3 is 20.9 Å². The van der Waals surface area contributed by atoms with Gasteiger partial charge in [-0.2, -0.15) is 0 Å². The Hall–Kier alpha value is -2.08. The molecule has 0 fully saturated rings. The van der Waals surface area contributed by atoms with Gasteiger partial charge in [-0.3, -0.25) is 4.79 Å². The molecule has 0 saturated carbocycles. The second kappa shape index (κ2) is 6.61. The van der Waals surface area contributed by atoms with Gasteiger partial charge in [0, 0.05) is 31.4 Å². The zero-order valence-corrected chi connectivity index (χ0v) is 10.1. The number of methoxy groups -OCH3 is 1. The second-order valence-corrected chi connectivity index (χ2v) is 3.77. The third-order valence-corrected chi connectivity index (χ3v) is 2.36. The zero-order chi connectivity index (χ0) is 13.5. The highest BCUT2D eigenvalue weighted by atomic mass is 16.5. The molecule has 18 heavy (non-hydrogen) atoms. The molecule has 6 heteroatoms. The predicted octanol–water partition coefficient (Wildman–Crippen LogP) is 0.488. The van der Waals surface area contributed by atoms with Crippen molar-refractivity contribution < 1.29 is 19.4 Å². The number of benzene rings is 1. The molecule has 0 aromatic heterocycles. The predicted molar refractivity (Wildman–Crippen MR) is 66.2 cm³/mol. The molecule has 1 atom stereocenters. The third kappa shape index (κ3) is 4.06. The van der Waals surface area contributed by atoms with Crippen LogP contribution in [0.4, 0.5) is 5.69 Å². The monoisotopic (exact) mass is 252 g/mol. The van der Waals surface area contributed by atoms with Gasteiger partial charge in [-0.25, -0.2) is 4.79 Å². The fourth-order valence-corrected chi connectivity index (χ4v) is 1.41. The van der Waals surface area contributed by atoms with E-state index >= 15 is 0 Å². The lowest BCUT2D eigenvalue weighted by Crippen LogP contribution is -2.41. The maximum atomic E-state index is 11.8. The molecule has 98 valence electrons. The minimum Gasteiger partial charge on any atom is -0.480 e. The van der Waals surface area contributed by atoms with Crippen molar-refractivity contribution in [1.29, 1.82) is 0 Å². The molecule has 4 N–H and O–H groups in total. The molecule has 0 spiro atoms. The number of aliphatic carboxylic acids is 1. The van der Waals surface area contributed by atoms with Crippen molar-refractivity contribution >= 4 is 17.6 Å². The van der Waals surface area contributed by atoms with E-state index in [1.165, 1.54) is 13.2 Å². The fourth-order valence-electron chi connectivity index (χ4n) is 1.41. The SMILES string of the molecule is COCCC(NC(=O)c1cccc(N)c1)C(=O)O. The van der Waals surface area contributed by atoms with Crippen LogP contribution in [0, 0.1) is 0 Å². The number of nitrogen functional groups attached to an aromatic ring is 1.